The molecule has 0 aromatic heterocycles. The minimum atomic E-state index is -4.61. The van der Waals surface area contributed by atoms with E-state index in [-0.39, 0.29) is 13.0 Å². The second-order valence-electron chi connectivity index (χ2n) is 13.8. The lowest BCUT2D eigenvalue weighted by Gasteiger charge is -2.20. The van der Waals surface area contributed by atoms with Crippen LogP contribution < -0.4 is 5.73 Å². The third-order valence-corrected chi connectivity index (χ3v) is 9.62. The van der Waals surface area contributed by atoms with Crippen LogP contribution in [0.3, 0.4) is 0 Å². The predicted molar refractivity (Wildman–Crippen MR) is 212 cm³/mol. The molecule has 10 nitrogen and oxygen atoms in total. The molecule has 11 heteroatoms. The average Bonchev–Trinajstić information content (AvgIpc) is 3.12. The fourth-order valence-electron chi connectivity index (χ4n) is 5.43. The number of esters is 1. The first kappa shape index (κ1) is 50.2. The Hall–Kier alpha value is -1.81. The van der Waals surface area contributed by atoms with E-state index in [2.05, 4.69) is 50.3 Å². The van der Waals surface area contributed by atoms with Gasteiger partial charge in [-0.25, -0.2) is 4.57 Å². The van der Waals surface area contributed by atoms with Gasteiger partial charge in [-0.3, -0.25) is 18.6 Å². The molecule has 0 radical (unpaired) electrons. The second kappa shape index (κ2) is 37.5. The monoisotopic (exact) mass is 758 g/mol. The molecule has 0 aromatic carbocycles. The Kier molecular flexibility index (Phi) is 36.2. The molecule has 0 fully saturated rings. The lowest BCUT2D eigenvalue weighted by Crippen LogP contribution is -2.34. The van der Waals surface area contributed by atoms with Gasteiger partial charge < -0.3 is 25.2 Å². The molecule has 0 saturated heterocycles. The molecule has 0 aliphatic heterocycles. The summed E-state index contributed by atoms with van der Waals surface area (Å²) in [7, 11) is -4.61. The van der Waals surface area contributed by atoms with Gasteiger partial charge in [-0.15, -0.1) is 0 Å². The van der Waals surface area contributed by atoms with Gasteiger partial charge in [-0.05, 0) is 51.4 Å². The lowest BCUT2D eigenvalue weighted by atomic mass is 10.1. The van der Waals surface area contributed by atoms with Crippen LogP contribution in [0.1, 0.15) is 174 Å². The molecule has 3 unspecified atom stereocenters. The topological polar surface area (TPSA) is 155 Å². The van der Waals surface area contributed by atoms with Crippen molar-refractivity contribution in [2.24, 2.45) is 5.73 Å². The number of allylic oxidation sites excluding steroid dienone is 6. The number of nitrogens with two attached hydrogens (primary N) is 1. The second-order valence-corrected chi connectivity index (χ2v) is 15.2. The zero-order chi connectivity index (χ0) is 38.4. The van der Waals surface area contributed by atoms with Crippen LogP contribution in [0.15, 0.2) is 36.5 Å². The first-order valence-electron chi connectivity index (χ1n) is 20.5. The number of unbranched alkanes of at least 4 members (excludes halogenated alkanes) is 19. The number of phosphoric ester groups is 1. The number of carboxylic acid groups (broad SMARTS) is 1. The number of carboxylic acids is 1. The quantitative estimate of drug-likeness (QED) is 0.0239. The number of rotatable bonds is 39. The number of hydrogen-bond acceptors (Lipinski definition) is 8. The van der Waals surface area contributed by atoms with Gasteiger partial charge in [0.25, 0.3) is 0 Å². The van der Waals surface area contributed by atoms with E-state index in [9.17, 15) is 19.0 Å². The number of carbonyl (C=O) groups is 2. The summed E-state index contributed by atoms with van der Waals surface area (Å²) in [5.74, 6) is -1.79. The van der Waals surface area contributed by atoms with Crippen LogP contribution >= 0.6 is 7.82 Å². The molecule has 304 valence electrons. The third kappa shape index (κ3) is 36.5. The van der Waals surface area contributed by atoms with E-state index in [4.69, 9.17) is 29.4 Å². The number of ether oxygens (including phenoxy) is 2. The Bertz CT molecular complexity index is 972. The number of phosphoric acid groups is 1. The molecule has 3 atom stereocenters. The van der Waals surface area contributed by atoms with Crippen molar-refractivity contribution in [2.45, 2.75) is 187 Å². The highest BCUT2D eigenvalue weighted by Gasteiger charge is 2.27. The summed E-state index contributed by atoms with van der Waals surface area (Å²) in [4.78, 5) is 33.4. The van der Waals surface area contributed by atoms with E-state index < -0.39 is 45.1 Å². The highest BCUT2D eigenvalue weighted by Crippen LogP contribution is 2.43. The molecular formula is C41H76NO9P. The Morgan fingerprint density at radius 3 is 1.62 bits per heavy atom. The first-order valence-corrected chi connectivity index (χ1v) is 22.0. The van der Waals surface area contributed by atoms with Gasteiger partial charge in [0, 0.05) is 13.0 Å². The van der Waals surface area contributed by atoms with Crippen LogP contribution in [0.25, 0.3) is 0 Å². The van der Waals surface area contributed by atoms with Crippen molar-refractivity contribution in [3.05, 3.63) is 36.5 Å². The molecule has 0 aromatic rings. The molecule has 4 N–H and O–H groups in total. The highest BCUT2D eigenvalue weighted by molar-refractivity contribution is 7.47. The normalized spacial score (nSPS) is 14.4. The van der Waals surface area contributed by atoms with E-state index in [1.54, 1.807) is 0 Å². The van der Waals surface area contributed by atoms with Gasteiger partial charge in [0.05, 0.1) is 19.8 Å². The number of hydrogen-bond donors (Lipinski definition) is 3. The Morgan fingerprint density at radius 1 is 0.615 bits per heavy atom. The summed E-state index contributed by atoms with van der Waals surface area (Å²) < 4.78 is 33.2. The van der Waals surface area contributed by atoms with Gasteiger partial charge in [-0.1, -0.05) is 153 Å². The molecule has 0 aliphatic carbocycles. The van der Waals surface area contributed by atoms with Gasteiger partial charge in [0.1, 0.15) is 12.1 Å². The van der Waals surface area contributed by atoms with Crippen LogP contribution in [0, 0.1) is 0 Å². The van der Waals surface area contributed by atoms with Crippen LogP contribution in [0.2, 0.25) is 0 Å². The fourth-order valence-corrected chi connectivity index (χ4v) is 6.21. The summed E-state index contributed by atoms with van der Waals surface area (Å²) in [6, 6.07) is -1.47. The maximum absolute atomic E-state index is 12.6. The smallest absolute Gasteiger partial charge is 0.472 e. The molecule has 0 aliphatic rings. The van der Waals surface area contributed by atoms with Crippen molar-refractivity contribution in [3.8, 4) is 0 Å². The van der Waals surface area contributed by atoms with E-state index in [1.165, 1.54) is 77.0 Å². The van der Waals surface area contributed by atoms with E-state index in [0.717, 1.165) is 70.6 Å². The minimum absolute atomic E-state index is 0.0133. The Morgan fingerprint density at radius 2 is 1.06 bits per heavy atom. The summed E-state index contributed by atoms with van der Waals surface area (Å²) in [5.41, 5.74) is 5.34. The molecule has 0 heterocycles. The molecule has 0 spiro atoms. The molecule has 0 rings (SSSR count). The van der Waals surface area contributed by atoms with Gasteiger partial charge in [0.15, 0.2) is 0 Å². The molecule has 52 heavy (non-hydrogen) atoms. The van der Waals surface area contributed by atoms with Gasteiger partial charge in [0.2, 0.25) is 0 Å². The zero-order valence-corrected chi connectivity index (χ0v) is 33.8. The molecular weight excluding hydrogens is 681 g/mol. The lowest BCUT2D eigenvalue weighted by molar-refractivity contribution is -0.154. The summed E-state index contributed by atoms with van der Waals surface area (Å²) in [5, 5.41) is 8.87. The predicted octanol–water partition coefficient (Wildman–Crippen LogP) is 10.9. The largest absolute Gasteiger partial charge is 0.480 e. The SMILES string of the molecule is CCCCC/C=C\C/C=C\C/C=C\CCCCCCCCC(=O)OC(COCCCCCCCCCCCCC)COP(=O)(O)OCC(N)C(=O)O. The van der Waals surface area contributed by atoms with Crippen LogP contribution in [-0.2, 0) is 32.7 Å². The third-order valence-electron chi connectivity index (χ3n) is 8.67. The van der Waals surface area contributed by atoms with Crippen molar-refractivity contribution in [2.75, 3.05) is 26.4 Å². The van der Waals surface area contributed by atoms with Crippen LogP contribution in [0.5, 0.6) is 0 Å². The molecule has 0 amide bonds. The van der Waals surface area contributed by atoms with Crippen molar-refractivity contribution < 1.29 is 42.7 Å². The van der Waals surface area contributed by atoms with Crippen molar-refractivity contribution in [1.82, 2.24) is 0 Å². The Labute approximate surface area is 317 Å². The average molecular weight is 758 g/mol. The number of carbonyl (C=O) groups excluding carboxylic acids is 1. The molecule has 0 bridgehead atoms. The summed E-state index contributed by atoms with van der Waals surface area (Å²) in [6.07, 6.45) is 40.5. The minimum Gasteiger partial charge on any atom is -0.480 e. The van der Waals surface area contributed by atoms with Crippen LogP contribution in [-0.4, -0.2) is 60.5 Å². The summed E-state index contributed by atoms with van der Waals surface area (Å²) >= 11 is 0. The van der Waals surface area contributed by atoms with Crippen molar-refractivity contribution in [3.63, 3.8) is 0 Å². The standard InChI is InChI=1S/C41H76NO9P/c1-3-5-7-9-11-13-15-16-17-18-19-20-21-22-23-25-27-29-31-33-40(43)51-38(36-49-52(46,47)50-37-39(42)41(44)45)35-48-34-32-30-28-26-24-14-12-10-8-6-4-2/h11,13,16-17,19-20,38-39H,3-10,12,14-15,18,21-37,42H2,1-2H3,(H,44,45)(H,46,47)/b13-11-,17-16-,20-19-. The zero-order valence-electron chi connectivity index (χ0n) is 32.9. The van der Waals surface area contributed by atoms with Gasteiger partial charge >= 0.3 is 19.8 Å². The fraction of sp³-hybridized carbons (Fsp3) is 0.805. The highest BCUT2D eigenvalue weighted by atomic mass is 31.2. The van der Waals surface area contributed by atoms with Crippen molar-refractivity contribution in [1.29, 1.82) is 0 Å². The van der Waals surface area contributed by atoms with E-state index >= 15 is 0 Å². The Balaban J connectivity index is 4.27. The first-order chi connectivity index (χ1) is 25.2. The van der Waals surface area contributed by atoms with Crippen molar-refractivity contribution >= 4 is 19.8 Å². The molecule has 0 saturated carbocycles. The van der Waals surface area contributed by atoms with Gasteiger partial charge in [-0.2, -0.15) is 0 Å². The maximum Gasteiger partial charge on any atom is 0.472 e. The maximum atomic E-state index is 12.6. The summed E-state index contributed by atoms with van der Waals surface area (Å²) in [6.45, 7) is 3.83. The van der Waals surface area contributed by atoms with E-state index in [0.29, 0.717) is 13.0 Å². The van der Waals surface area contributed by atoms with E-state index in [1.807, 2.05) is 0 Å². The van der Waals surface area contributed by atoms with Crippen LogP contribution in [0.4, 0.5) is 0 Å². The number of aliphatic carboxylic acids is 1.